The van der Waals surface area contributed by atoms with Crippen LogP contribution in [-0.4, -0.2) is 41.4 Å². The smallest absolute Gasteiger partial charge is 0.236 e. The lowest BCUT2D eigenvalue weighted by atomic mass is 10.1. The molecule has 0 aliphatic carbocycles. The lowest BCUT2D eigenvalue weighted by molar-refractivity contribution is -0.122. The van der Waals surface area contributed by atoms with E-state index in [1.54, 1.807) is 0 Å². The van der Waals surface area contributed by atoms with Gasteiger partial charge in [-0.1, -0.05) is 40.2 Å². The molecule has 1 heterocycles. The zero-order chi connectivity index (χ0) is 15.3. The summed E-state index contributed by atoms with van der Waals surface area (Å²) in [6.07, 6.45) is 0. The van der Waals surface area contributed by atoms with E-state index < -0.39 is 4.32 Å². The molecule has 0 aromatic heterocycles. The molecule has 1 amide bonds. The molecule has 1 aliphatic heterocycles. The molecule has 1 fully saturated rings. The van der Waals surface area contributed by atoms with Crippen molar-refractivity contribution in [3.8, 4) is 0 Å². The van der Waals surface area contributed by atoms with Gasteiger partial charge in [-0.25, -0.2) is 0 Å². The van der Waals surface area contributed by atoms with Crippen LogP contribution in [0.2, 0.25) is 0 Å². The normalized spacial score (nSPS) is 16.7. The number of nitrogens with one attached hydrogen (secondary N) is 1. The Morgan fingerprint density at radius 3 is 2.38 bits per heavy atom. The van der Waals surface area contributed by atoms with Gasteiger partial charge < -0.3 is 10.1 Å². The van der Waals surface area contributed by atoms with Gasteiger partial charge in [0.25, 0.3) is 0 Å². The molecule has 2 rings (SSSR count). The summed E-state index contributed by atoms with van der Waals surface area (Å²) in [5.41, 5.74) is 2.42. The summed E-state index contributed by atoms with van der Waals surface area (Å²) in [6, 6.07) is 8.43. The summed E-state index contributed by atoms with van der Waals surface area (Å²) in [5, 5.41) is 2.93. The summed E-state index contributed by atoms with van der Waals surface area (Å²) < 4.78 is 4.83. The molecule has 0 unspecified atom stereocenters. The van der Waals surface area contributed by atoms with E-state index in [-0.39, 0.29) is 5.91 Å². The third-order valence-electron chi connectivity index (χ3n) is 3.53. The second kappa shape index (κ2) is 7.38. The highest BCUT2D eigenvalue weighted by Gasteiger charge is 2.22. The van der Waals surface area contributed by atoms with Crippen molar-refractivity contribution in [3.63, 3.8) is 0 Å². The number of ether oxygens (including phenoxy) is 1. The molecule has 1 aromatic rings. The quantitative estimate of drug-likeness (QED) is 0.825. The minimum Gasteiger partial charge on any atom is -0.379 e. The minimum absolute atomic E-state index is 0.0000988. The number of hydrogen-bond donors (Lipinski definition) is 1. The first kappa shape index (κ1) is 16.5. The summed E-state index contributed by atoms with van der Waals surface area (Å²) in [5.74, 6) is -0.0000988. The molecule has 1 aliphatic rings. The van der Waals surface area contributed by atoms with Crippen LogP contribution in [0, 0.1) is 0 Å². The molecular weight excluding hydrogens is 332 g/mol. The maximum absolute atomic E-state index is 11.8. The number of hydrogen-bond acceptors (Lipinski definition) is 3. The molecule has 1 saturated heterocycles. The van der Waals surface area contributed by atoms with Gasteiger partial charge in [-0.2, -0.15) is 0 Å². The molecule has 1 N–H and O–H groups in total. The largest absolute Gasteiger partial charge is 0.379 e. The number of carbonyl (C=O) groups excluding carboxylic acids is 1. The van der Waals surface area contributed by atoms with Gasteiger partial charge in [0.15, 0.2) is 0 Å². The maximum Gasteiger partial charge on any atom is 0.236 e. The first-order valence-electron chi connectivity index (χ1n) is 7.30. The van der Waals surface area contributed by atoms with E-state index in [0.717, 1.165) is 38.4 Å². The van der Waals surface area contributed by atoms with Crippen molar-refractivity contribution in [1.82, 2.24) is 10.2 Å². The number of alkyl halides is 1. The molecule has 0 bridgehead atoms. The Morgan fingerprint density at radius 1 is 1.24 bits per heavy atom. The second-order valence-corrected chi connectivity index (χ2v) is 7.84. The Kier molecular flexibility index (Phi) is 5.79. The van der Waals surface area contributed by atoms with Crippen molar-refractivity contribution < 1.29 is 9.53 Å². The van der Waals surface area contributed by atoms with Crippen LogP contribution in [0.3, 0.4) is 0 Å². The summed E-state index contributed by atoms with van der Waals surface area (Å²) >= 11 is 3.36. The fourth-order valence-electron chi connectivity index (χ4n) is 2.17. The first-order chi connectivity index (χ1) is 9.95. The van der Waals surface area contributed by atoms with Crippen molar-refractivity contribution >= 4 is 21.8 Å². The van der Waals surface area contributed by atoms with Crippen LogP contribution in [-0.2, 0) is 22.6 Å². The Bertz CT molecular complexity index is 462. The Balaban J connectivity index is 1.82. The minimum atomic E-state index is -0.525. The monoisotopic (exact) mass is 354 g/mol. The fourth-order valence-corrected chi connectivity index (χ4v) is 2.31. The number of halogens is 1. The Labute approximate surface area is 135 Å². The lowest BCUT2D eigenvalue weighted by Gasteiger charge is -2.26. The van der Waals surface area contributed by atoms with Crippen LogP contribution >= 0.6 is 15.9 Å². The van der Waals surface area contributed by atoms with E-state index in [0.29, 0.717) is 6.54 Å². The zero-order valence-electron chi connectivity index (χ0n) is 12.7. The number of nitrogens with zero attached hydrogens (tertiary/aromatic N) is 1. The average Bonchev–Trinajstić information content (AvgIpc) is 2.46. The fraction of sp³-hybridized carbons (Fsp3) is 0.562. The first-order valence-corrected chi connectivity index (χ1v) is 8.09. The van der Waals surface area contributed by atoms with Gasteiger partial charge in [0, 0.05) is 26.2 Å². The van der Waals surface area contributed by atoms with Gasteiger partial charge in [0.05, 0.1) is 17.5 Å². The van der Waals surface area contributed by atoms with Crippen molar-refractivity contribution in [2.24, 2.45) is 0 Å². The van der Waals surface area contributed by atoms with Gasteiger partial charge in [-0.15, -0.1) is 0 Å². The molecule has 0 atom stereocenters. The van der Waals surface area contributed by atoms with Crippen LogP contribution in [0.4, 0.5) is 0 Å². The van der Waals surface area contributed by atoms with Crippen molar-refractivity contribution in [2.45, 2.75) is 31.3 Å². The van der Waals surface area contributed by atoms with E-state index in [2.05, 4.69) is 50.4 Å². The number of amides is 1. The molecule has 21 heavy (non-hydrogen) atoms. The standard InChI is InChI=1S/C16H23BrN2O2/c1-16(2,17)15(20)18-11-13-3-5-14(6-4-13)12-19-7-9-21-10-8-19/h3-6H,7-12H2,1-2H3,(H,18,20). The van der Waals surface area contributed by atoms with E-state index in [1.165, 1.54) is 5.56 Å². The van der Waals surface area contributed by atoms with E-state index in [4.69, 9.17) is 4.74 Å². The second-order valence-electron chi connectivity index (χ2n) is 5.86. The van der Waals surface area contributed by atoms with Gasteiger partial charge in [-0.3, -0.25) is 9.69 Å². The van der Waals surface area contributed by atoms with Crippen LogP contribution in [0.15, 0.2) is 24.3 Å². The van der Waals surface area contributed by atoms with Crippen molar-refractivity contribution in [3.05, 3.63) is 35.4 Å². The topological polar surface area (TPSA) is 41.6 Å². The summed E-state index contributed by atoms with van der Waals surface area (Å²) in [4.78, 5) is 14.2. The summed E-state index contributed by atoms with van der Waals surface area (Å²) in [6.45, 7) is 8.85. The van der Waals surface area contributed by atoms with E-state index in [9.17, 15) is 4.79 Å². The van der Waals surface area contributed by atoms with Gasteiger partial charge >= 0.3 is 0 Å². The predicted octanol–water partition coefficient (Wildman–Crippen LogP) is 2.31. The number of carbonyl (C=O) groups is 1. The average molecular weight is 355 g/mol. The van der Waals surface area contributed by atoms with Crippen molar-refractivity contribution in [2.75, 3.05) is 26.3 Å². The molecule has 116 valence electrons. The zero-order valence-corrected chi connectivity index (χ0v) is 14.3. The van der Waals surface area contributed by atoms with Gasteiger partial charge in [0.2, 0.25) is 5.91 Å². The Morgan fingerprint density at radius 2 is 1.81 bits per heavy atom. The molecule has 0 saturated carbocycles. The van der Waals surface area contributed by atoms with Gasteiger partial charge in [-0.05, 0) is 25.0 Å². The highest BCUT2D eigenvalue weighted by molar-refractivity contribution is 9.10. The van der Waals surface area contributed by atoms with Crippen LogP contribution in [0.25, 0.3) is 0 Å². The van der Waals surface area contributed by atoms with Crippen LogP contribution < -0.4 is 5.32 Å². The lowest BCUT2D eigenvalue weighted by Crippen LogP contribution is -2.37. The van der Waals surface area contributed by atoms with Crippen molar-refractivity contribution in [1.29, 1.82) is 0 Å². The molecule has 0 spiro atoms. The SMILES string of the molecule is CC(C)(Br)C(=O)NCc1ccc(CN2CCOCC2)cc1. The highest BCUT2D eigenvalue weighted by Crippen LogP contribution is 2.16. The molecule has 5 heteroatoms. The maximum atomic E-state index is 11.8. The third kappa shape index (κ3) is 5.41. The molecule has 0 radical (unpaired) electrons. The molecule has 1 aromatic carbocycles. The number of morpholine rings is 1. The van der Waals surface area contributed by atoms with Crippen LogP contribution in [0.5, 0.6) is 0 Å². The predicted molar refractivity (Wildman–Crippen MR) is 87.4 cm³/mol. The molecule has 4 nitrogen and oxygen atoms in total. The van der Waals surface area contributed by atoms with Gasteiger partial charge in [0.1, 0.15) is 0 Å². The number of rotatable bonds is 5. The third-order valence-corrected chi connectivity index (χ3v) is 3.89. The number of benzene rings is 1. The highest BCUT2D eigenvalue weighted by atomic mass is 79.9. The Hall–Kier alpha value is -0.910. The van der Waals surface area contributed by atoms with Crippen LogP contribution in [0.1, 0.15) is 25.0 Å². The molecular formula is C16H23BrN2O2. The van der Waals surface area contributed by atoms with E-state index >= 15 is 0 Å². The summed E-state index contributed by atoms with van der Waals surface area (Å²) in [7, 11) is 0. The van der Waals surface area contributed by atoms with E-state index in [1.807, 2.05) is 13.8 Å².